The van der Waals surface area contributed by atoms with Crippen molar-refractivity contribution in [3.05, 3.63) is 97.2 Å². The highest BCUT2D eigenvalue weighted by Crippen LogP contribution is 2.17. The van der Waals surface area contributed by atoms with Crippen LogP contribution in [0.4, 0.5) is 0 Å². The van der Waals surface area contributed by atoms with Gasteiger partial charge in [-0.3, -0.25) is 14.4 Å². The topological polar surface area (TPSA) is 78.9 Å². The molecule has 0 heterocycles. The summed E-state index contributed by atoms with van der Waals surface area (Å²) in [7, 11) is 0. The van der Waals surface area contributed by atoms with E-state index < -0.39 is 6.10 Å². The molecule has 6 nitrogen and oxygen atoms in total. The Morgan fingerprint density at radius 1 is 0.266 bits per heavy atom. The van der Waals surface area contributed by atoms with E-state index in [0.29, 0.717) is 19.3 Å². The molecule has 6 heteroatoms. The summed E-state index contributed by atoms with van der Waals surface area (Å²) in [5.74, 6) is -0.876. The first kappa shape index (κ1) is 75.3. The molecule has 0 aromatic rings. The van der Waals surface area contributed by atoms with Crippen LogP contribution in [0.5, 0.6) is 0 Å². The molecular weight excluding hydrogens is 973 g/mol. The summed E-state index contributed by atoms with van der Waals surface area (Å²) in [5, 5.41) is 0. The van der Waals surface area contributed by atoms with Gasteiger partial charge in [-0.2, -0.15) is 0 Å². The van der Waals surface area contributed by atoms with Crippen molar-refractivity contribution in [2.75, 3.05) is 13.2 Å². The van der Waals surface area contributed by atoms with E-state index in [9.17, 15) is 14.4 Å². The fourth-order valence-electron chi connectivity index (χ4n) is 9.52. The summed E-state index contributed by atoms with van der Waals surface area (Å²) in [5.41, 5.74) is 0. The average Bonchev–Trinajstić information content (AvgIpc) is 3.45. The Morgan fingerprint density at radius 3 is 0.823 bits per heavy atom. The van der Waals surface area contributed by atoms with Crippen LogP contribution in [-0.2, 0) is 28.6 Å². The van der Waals surface area contributed by atoms with Crippen LogP contribution >= 0.6 is 0 Å². The van der Waals surface area contributed by atoms with Gasteiger partial charge in [0, 0.05) is 19.3 Å². The summed E-state index contributed by atoms with van der Waals surface area (Å²) in [6.07, 6.45) is 90.0. The molecule has 0 rings (SSSR count). The Kier molecular flexibility index (Phi) is 63.7. The molecule has 0 fully saturated rings. The van der Waals surface area contributed by atoms with Crippen LogP contribution in [0, 0.1) is 0 Å². The van der Waals surface area contributed by atoms with Crippen LogP contribution in [-0.4, -0.2) is 37.2 Å². The molecule has 0 amide bonds. The van der Waals surface area contributed by atoms with Crippen molar-refractivity contribution in [2.45, 2.75) is 335 Å². The van der Waals surface area contributed by atoms with E-state index in [1.807, 2.05) is 0 Å². The largest absolute Gasteiger partial charge is 0.462 e. The van der Waals surface area contributed by atoms with Crippen LogP contribution in [0.3, 0.4) is 0 Å². The Balaban J connectivity index is 4.18. The number of unbranched alkanes of at least 4 members (excludes halogenated alkanes) is 34. The first-order valence-electron chi connectivity index (χ1n) is 33.7. The molecule has 0 saturated carbocycles. The number of hydrogen-bond donors (Lipinski definition) is 0. The minimum absolute atomic E-state index is 0.0778. The second-order valence-electron chi connectivity index (χ2n) is 22.4. The van der Waals surface area contributed by atoms with Crippen molar-refractivity contribution >= 4 is 17.9 Å². The molecule has 0 aliphatic rings. The predicted octanol–water partition coefficient (Wildman–Crippen LogP) is 23.2. The molecule has 0 aliphatic carbocycles. The molecular formula is C73H126O6. The van der Waals surface area contributed by atoms with Crippen molar-refractivity contribution in [1.29, 1.82) is 0 Å². The highest BCUT2D eigenvalue weighted by Gasteiger charge is 2.19. The van der Waals surface area contributed by atoms with Gasteiger partial charge < -0.3 is 14.2 Å². The lowest BCUT2D eigenvalue weighted by Crippen LogP contribution is -2.30. The monoisotopic (exact) mass is 1100 g/mol. The number of carbonyl (C=O) groups is 3. The van der Waals surface area contributed by atoms with Crippen molar-refractivity contribution in [3.8, 4) is 0 Å². The summed E-state index contributed by atoms with van der Waals surface area (Å²) in [4.78, 5) is 38.3. The van der Waals surface area contributed by atoms with Gasteiger partial charge in [-0.1, -0.05) is 311 Å². The number of esters is 3. The SMILES string of the molecule is CC/C=C\C/C=C\C/C=C\C/C=C\C/C=C\C/C=C\C/C=C\CCCCCCCCCCCCCC(=O)OCC(COC(=O)CCCCCCC/C=C\CCCC)OC(=O)CCCCCCCCCCCCCCCCCCC. The molecule has 0 aromatic heterocycles. The maximum Gasteiger partial charge on any atom is 0.306 e. The fourth-order valence-corrected chi connectivity index (χ4v) is 9.52. The zero-order valence-electron chi connectivity index (χ0n) is 52.1. The Bertz CT molecular complexity index is 1540. The third kappa shape index (κ3) is 65.0. The molecule has 454 valence electrons. The van der Waals surface area contributed by atoms with Gasteiger partial charge in [0.25, 0.3) is 0 Å². The van der Waals surface area contributed by atoms with Crippen LogP contribution < -0.4 is 0 Å². The normalized spacial score (nSPS) is 12.7. The lowest BCUT2D eigenvalue weighted by molar-refractivity contribution is -0.167. The van der Waals surface area contributed by atoms with Gasteiger partial charge in [0.05, 0.1) is 0 Å². The number of hydrogen-bond acceptors (Lipinski definition) is 6. The van der Waals surface area contributed by atoms with E-state index in [4.69, 9.17) is 14.2 Å². The second-order valence-corrected chi connectivity index (χ2v) is 22.4. The molecule has 0 aliphatic heterocycles. The van der Waals surface area contributed by atoms with Crippen LogP contribution in [0.15, 0.2) is 97.2 Å². The Morgan fingerprint density at radius 2 is 0.506 bits per heavy atom. The maximum absolute atomic E-state index is 12.9. The van der Waals surface area contributed by atoms with E-state index in [0.717, 1.165) is 109 Å². The molecule has 1 unspecified atom stereocenters. The van der Waals surface area contributed by atoms with E-state index in [1.54, 1.807) is 0 Å². The maximum atomic E-state index is 12.9. The summed E-state index contributed by atoms with van der Waals surface area (Å²) >= 11 is 0. The lowest BCUT2D eigenvalue weighted by atomic mass is 10.0. The summed E-state index contributed by atoms with van der Waals surface area (Å²) in [6.45, 7) is 6.51. The third-order valence-electron chi connectivity index (χ3n) is 14.6. The number of ether oxygens (including phenoxy) is 3. The molecule has 0 saturated heterocycles. The lowest BCUT2D eigenvalue weighted by Gasteiger charge is -2.18. The van der Waals surface area contributed by atoms with Crippen LogP contribution in [0.25, 0.3) is 0 Å². The van der Waals surface area contributed by atoms with Gasteiger partial charge in [-0.05, 0) is 96.3 Å². The van der Waals surface area contributed by atoms with Crippen molar-refractivity contribution in [3.63, 3.8) is 0 Å². The average molecular weight is 1100 g/mol. The summed E-state index contributed by atoms with van der Waals surface area (Å²) in [6, 6.07) is 0. The van der Waals surface area contributed by atoms with Crippen LogP contribution in [0.2, 0.25) is 0 Å². The standard InChI is InChI=1S/C73H126O6/c1-4-7-10-13-16-19-22-24-26-28-29-30-31-32-33-34-35-36-37-38-39-40-41-42-43-45-46-48-51-54-57-60-63-66-72(75)78-69-70(68-77-71(74)65-62-59-56-53-50-21-18-15-12-9-6-3)79-73(76)67-64-61-58-55-52-49-47-44-27-25-23-20-17-14-11-8-5-2/h7,10,15-16,18-19,24,26,29-30,32-33,35-36,38-39,70H,4-6,8-9,11-14,17,20-23,25,27-28,31,34,37,40-69H2,1-3H3/b10-7-,18-15-,19-16-,26-24-,30-29-,33-32-,36-35-,39-38-. The van der Waals surface area contributed by atoms with Crippen molar-refractivity contribution in [1.82, 2.24) is 0 Å². The fraction of sp³-hybridized carbons (Fsp3) is 0.740. The van der Waals surface area contributed by atoms with Gasteiger partial charge >= 0.3 is 17.9 Å². The number of rotatable bonds is 61. The molecule has 0 spiro atoms. The van der Waals surface area contributed by atoms with E-state index in [1.165, 1.54) is 180 Å². The molecule has 79 heavy (non-hydrogen) atoms. The van der Waals surface area contributed by atoms with Crippen molar-refractivity contribution < 1.29 is 28.6 Å². The predicted molar refractivity (Wildman–Crippen MR) is 344 cm³/mol. The minimum Gasteiger partial charge on any atom is -0.462 e. The number of carbonyl (C=O) groups excluding carboxylic acids is 3. The van der Waals surface area contributed by atoms with Gasteiger partial charge in [0.2, 0.25) is 0 Å². The van der Waals surface area contributed by atoms with Gasteiger partial charge in [-0.25, -0.2) is 0 Å². The van der Waals surface area contributed by atoms with Crippen LogP contribution in [0.1, 0.15) is 329 Å². The zero-order valence-corrected chi connectivity index (χ0v) is 52.1. The Hall–Kier alpha value is -3.67. The quantitative estimate of drug-likeness (QED) is 0.0261. The molecule has 1 atom stereocenters. The van der Waals surface area contributed by atoms with E-state index >= 15 is 0 Å². The molecule has 0 N–H and O–H groups in total. The van der Waals surface area contributed by atoms with E-state index in [-0.39, 0.29) is 31.1 Å². The molecule has 0 bridgehead atoms. The summed E-state index contributed by atoms with van der Waals surface area (Å²) < 4.78 is 16.9. The minimum atomic E-state index is -0.780. The van der Waals surface area contributed by atoms with Gasteiger partial charge in [0.1, 0.15) is 13.2 Å². The Labute approximate surface area is 489 Å². The highest BCUT2D eigenvalue weighted by molar-refractivity contribution is 5.71. The first-order chi connectivity index (χ1) is 39.0. The third-order valence-corrected chi connectivity index (χ3v) is 14.6. The van der Waals surface area contributed by atoms with E-state index in [2.05, 4.69) is 118 Å². The second kappa shape index (κ2) is 66.8. The zero-order chi connectivity index (χ0) is 57.1. The highest BCUT2D eigenvalue weighted by atomic mass is 16.6. The smallest absolute Gasteiger partial charge is 0.306 e. The molecule has 0 aromatic carbocycles. The van der Waals surface area contributed by atoms with Gasteiger partial charge in [-0.15, -0.1) is 0 Å². The van der Waals surface area contributed by atoms with Gasteiger partial charge in [0.15, 0.2) is 6.10 Å². The molecule has 0 radical (unpaired) electrons. The number of allylic oxidation sites excluding steroid dienone is 16. The van der Waals surface area contributed by atoms with Crippen molar-refractivity contribution in [2.24, 2.45) is 0 Å². The first-order valence-corrected chi connectivity index (χ1v) is 33.7.